The molecule has 2 aromatic rings. The van der Waals surface area contributed by atoms with Gasteiger partial charge < -0.3 is 9.73 Å². The number of benzene rings is 1. The minimum absolute atomic E-state index is 0.223. The zero-order valence-electron chi connectivity index (χ0n) is 10.7. The molecule has 19 heavy (non-hydrogen) atoms. The van der Waals surface area contributed by atoms with Gasteiger partial charge in [0.05, 0.1) is 0 Å². The van der Waals surface area contributed by atoms with Crippen LogP contribution >= 0.6 is 11.6 Å². The van der Waals surface area contributed by atoms with Gasteiger partial charge in [-0.2, -0.15) is 0 Å². The summed E-state index contributed by atoms with van der Waals surface area (Å²) in [6.45, 7) is 3.71. The lowest BCUT2D eigenvalue weighted by molar-refractivity contribution is -0.111. The molecule has 0 aliphatic heterocycles. The first-order valence-corrected chi connectivity index (χ1v) is 6.24. The Hall–Kier alpha value is -2.00. The topological polar surface area (TPSA) is 42.2 Å². The molecular weight excluding hydrogens is 262 g/mol. The molecule has 1 aromatic carbocycles. The second-order valence-electron chi connectivity index (χ2n) is 4.18. The van der Waals surface area contributed by atoms with E-state index in [1.807, 2.05) is 32.0 Å². The third kappa shape index (κ3) is 3.48. The molecule has 1 heterocycles. The van der Waals surface area contributed by atoms with Crippen molar-refractivity contribution in [2.24, 2.45) is 0 Å². The monoisotopic (exact) mass is 275 g/mol. The molecule has 1 N–H and O–H groups in total. The van der Waals surface area contributed by atoms with Gasteiger partial charge in [-0.3, -0.25) is 4.79 Å². The molecule has 0 saturated carbocycles. The summed E-state index contributed by atoms with van der Waals surface area (Å²) in [5.74, 6) is 1.24. The number of hydrogen-bond acceptors (Lipinski definition) is 2. The molecule has 0 bridgehead atoms. The average Bonchev–Trinajstić information content (AvgIpc) is 2.78. The summed E-state index contributed by atoms with van der Waals surface area (Å²) in [5.41, 5.74) is 1.55. The number of rotatable bonds is 3. The van der Waals surface area contributed by atoms with E-state index in [1.54, 1.807) is 18.2 Å². The van der Waals surface area contributed by atoms with Crippen LogP contribution in [0.15, 0.2) is 40.8 Å². The number of aryl methyl sites for hydroxylation is 1. The van der Waals surface area contributed by atoms with Gasteiger partial charge in [0, 0.05) is 16.8 Å². The molecule has 0 saturated heterocycles. The molecule has 0 atom stereocenters. The molecule has 1 aromatic heterocycles. The van der Waals surface area contributed by atoms with Crippen LogP contribution in [0.3, 0.4) is 0 Å². The Morgan fingerprint density at radius 3 is 2.74 bits per heavy atom. The van der Waals surface area contributed by atoms with Gasteiger partial charge in [-0.15, -0.1) is 0 Å². The zero-order valence-corrected chi connectivity index (χ0v) is 11.5. The van der Waals surface area contributed by atoms with Crippen molar-refractivity contribution in [2.45, 2.75) is 13.8 Å². The van der Waals surface area contributed by atoms with E-state index in [0.29, 0.717) is 16.5 Å². The Labute approximate surface area is 116 Å². The van der Waals surface area contributed by atoms with Crippen LogP contribution in [0.5, 0.6) is 0 Å². The van der Waals surface area contributed by atoms with Crippen LogP contribution in [-0.4, -0.2) is 5.91 Å². The van der Waals surface area contributed by atoms with E-state index in [9.17, 15) is 4.79 Å². The van der Waals surface area contributed by atoms with Gasteiger partial charge in [-0.25, -0.2) is 0 Å². The summed E-state index contributed by atoms with van der Waals surface area (Å²) >= 11 is 5.99. The van der Waals surface area contributed by atoms with Crippen LogP contribution in [0.2, 0.25) is 5.02 Å². The number of furan rings is 1. The van der Waals surface area contributed by atoms with Crippen LogP contribution in [0.1, 0.15) is 17.1 Å². The summed E-state index contributed by atoms with van der Waals surface area (Å²) in [6, 6.07) is 9.05. The van der Waals surface area contributed by atoms with Gasteiger partial charge in [-0.1, -0.05) is 17.7 Å². The lowest BCUT2D eigenvalue weighted by atomic mass is 10.2. The molecule has 1 amide bonds. The summed E-state index contributed by atoms with van der Waals surface area (Å²) in [5, 5.41) is 3.40. The number of carbonyl (C=O) groups is 1. The van der Waals surface area contributed by atoms with Gasteiger partial charge in [0.2, 0.25) is 5.91 Å². The fourth-order valence-corrected chi connectivity index (χ4v) is 1.79. The normalized spacial score (nSPS) is 10.9. The maximum absolute atomic E-state index is 11.8. The molecule has 3 nitrogen and oxygen atoms in total. The number of nitrogens with one attached hydrogen (secondary N) is 1. The maximum atomic E-state index is 11.8. The minimum atomic E-state index is -0.223. The largest absolute Gasteiger partial charge is 0.462 e. The molecule has 0 spiro atoms. The van der Waals surface area contributed by atoms with E-state index in [-0.39, 0.29) is 5.91 Å². The predicted octanol–water partition coefficient (Wildman–Crippen LogP) is 4.20. The van der Waals surface area contributed by atoms with Gasteiger partial charge in [-0.05, 0) is 49.8 Å². The van der Waals surface area contributed by atoms with Crippen molar-refractivity contribution in [2.75, 3.05) is 5.32 Å². The number of amides is 1. The van der Waals surface area contributed by atoms with E-state index in [2.05, 4.69) is 5.32 Å². The highest BCUT2D eigenvalue weighted by Crippen LogP contribution is 2.22. The fourth-order valence-electron chi connectivity index (χ4n) is 1.62. The van der Waals surface area contributed by atoms with Crippen LogP contribution in [0, 0.1) is 13.8 Å². The zero-order chi connectivity index (χ0) is 13.8. The van der Waals surface area contributed by atoms with Crippen molar-refractivity contribution in [1.29, 1.82) is 0 Å². The van der Waals surface area contributed by atoms with Crippen LogP contribution in [-0.2, 0) is 4.79 Å². The van der Waals surface area contributed by atoms with Gasteiger partial charge in [0.15, 0.2) is 0 Å². The molecule has 98 valence electrons. The second kappa shape index (κ2) is 5.76. The maximum Gasteiger partial charge on any atom is 0.248 e. The first kappa shape index (κ1) is 13.4. The van der Waals surface area contributed by atoms with Gasteiger partial charge >= 0.3 is 0 Å². The van der Waals surface area contributed by atoms with Crippen LogP contribution in [0.25, 0.3) is 6.08 Å². The van der Waals surface area contributed by atoms with Crippen molar-refractivity contribution in [3.05, 3.63) is 58.5 Å². The first-order chi connectivity index (χ1) is 9.06. The van der Waals surface area contributed by atoms with E-state index in [0.717, 1.165) is 11.3 Å². The van der Waals surface area contributed by atoms with Crippen molar-refractivity contribution in [1.82, 2.24) is 0 Å². The third-order valence-electron chi connectivity index (χ3n) is 2.69. The van der Waals surface area contributed by atoms with Crippen LogP contribution < -0.4 is 5.32 Å². The molecule has 0 radical (unpaired) electrons. The summed E-state index contributed by atoms with van der Waals surface area (Å²) in [7, 11) is 0. The SMILES string of the molecule is Cc1ccc(C=CC(=O)Nc2cccc(Cl)c2C)o1. The highest BCUT2D eigenvalue weighted by Gasteiger charge is 2.04. The number of hydrogen-bond donors (Lipinski definition) is 1. The van der Waals surface area contributed by atoms with E-state index >= 15 is 0 Å². The average molecular weight is 276 g/mol. The number of halogens is 1. The molecule has 2 rings (SSSR count). The predicted molar refractivity (Wildman–Crippen MR) is 77.3 cm³/mol. The molecule has 4 heteroatoms. The lowest BCUT2D eigenvalue weighted by Gasteiger charge is -2.07. The van der Waals surface area contributed by atoms with E-state index in [4.69, 9.17) is 16.0 Å². The van der Waals surface area contributed by atoms with Crippen molar-refractivity contribution < 1.29 is 9.21 Å². The quantitative estimate of drug-likeness (QED) is 0.853. The Kier molecular flexibility index (Phi) is 4.07. The van der Waals surface area contributed by atoms with Gasteiger partial charge in [0.25, 0.3) is 0 Å². The smallest absolute Gasteiger partial charge is 0.248 e. The lowest BCUT2D eigenvalue weighted by Crippen LogP contribution is -2.08. The van der Waals surface area contributed by atoms with Crippen molar-refractivity contribution in [3.63, 3.8) is 0 Å². The van der Waals surface area contributed by atoms with Crippen LogP contribution in [0.4, 0.5) is 5.69 Å². The highest BCUT2D eigenvalue weighted by atomic mass is 35.5. The fraction of sp³-hybridized carbons (Fsp3) is 0.133. The standard InChI is InChI=1S/C15H14ClNO2/c1-10-6-7-12(19-10)8-9-15(18)17-14-5-3-4-13(16)11(14)2/h3-9H,1-2H3,(H,17,18). The summed E-state index contributed by atoms with van der Waals surface area (Å²) in [6.07, 6.45) is 3.06. The summed E-state index contributed by atoms with van der Waals surface area (Å²) in [4.78, 5) is 11.8. The minimum Gasteiger partial charge on any atom is -0.462 e. The number of anilines is 1. The Morgan fingerprint density at radius 1 is 1.26 bits per heavy atom. The summed E-state index contributed by atoms with van der Waals surface area (Å²) < 4.78 is 5.34. The van der Waals surface area contributed by atoms with E-state index in [1.165, 1.54) is 6.08 Å². The Balaban J connectivity index is 2.05. The van der Waals surface area contributed by atoms with E-state index < -0.39 is 0 Å². The molecular formula is C15H14ClNO2. The van der Waals surface area contributed by atoms with Crippen molar-refractivity contribution in [3.8, 4) is 0 Å². The second-order valence-corrected chi connectivity index (χ2v) is 4.59. The Bertz CT molecular complexity index is 629. The molecule has 0 unspecified atom stereocenters. The number of carbonyl (C=O) groups excluding carboxylic acids is 1. The molecule has 0 fully saturated rings. The highest BCUT2D eigenvalue weighted by molar-refractivity contribution is 6.31. The Morgan fingerprint density at radius 2 is 2.05 bits per heavy atom. The first-order valence-electron chi connectivity index (χ1n) is 5.87. The van der Waals surface area contributed by atoms with Gasteiger partial charge in [0.1, 0.15) is 11.5 Å². The molecule has 0 aliphatic carbocycles. The van der Waals surface area contributed by atoms with Crippen molar-refractivity contribution >= 4 is 29.3 Å². The molecule has 0 aliphatic rings. The third-order valence-corrected chi connectivity index (χ3v) is 3.10.